The van der Waals surface area contributed by atoms with E-state index in [-0.39, 0.29) is 0 Å². The predicted molar refractivity (Wildman–Crippen MR) is 49.4 cm³/mol. The summed E-state index contributed by atoms with van der Waals surface area (Å²) in [5.41, 5.74) is 10.9. The zero-order valence-corrected chi connectivity index (χ0v) is 7.71. The largest absolute Gasteiger partial charge is 0.329 e. The van der Waals surface area contributed by atoms with Gasteiger partial charge >= 0.3 is 0 Å². The molecule has 0 aromatic heterocycles. The number of hydrogen-bond donors (Lipinski definition) is 2. The second kappa shape index (κ2) is 6.58. The zero-order chi connectivity index (χ0) is 8.69. The van der Waals surface area contributed by atoms with E-state index in [1.807, 2.05) is 0 Å². The third kappa shape index (κ3) is 6.28. The van der Waals surface area contributed by atoms with E-state index in [1.54, 1.807) is 0 Å². The third-order valence-electron chi connectivity index (χ3n) is 1.51. The van der Waals surface area contributed by atoms with Crippen molar-refractivity contribution >= 4 is 0 Å². The molecule has 0 aromatic rings. The van der Waals surface area contributed by atoms with E-state index in [2.05, 4.69) is 18.7 Å². The first-order valence-corrected chi connectivity index (χ1v) is 4.33. The van der Waals surface area contributed by atoms with Crippen LogP contribution in [0.5, 0.6) is 0 Å². The molecule has 3 heteroatoms. The van der Waals surface area contributed by atoms with Crippen molar-refractivity contribution < 1.29 is 0 Å². The fraction of sp³-hybridized carbons (Fsp3) is 1.00. The molecular formula is C8H21N3. The molecule has 0 atom stereocenters. The standard InChI is InChI=1S/C8H21N3/c1-8(2)7-11(5-3-9)6-4-10/h8H,3-7,9-10H2,1-2H3. The quantitative estimate of drug-likeness (QED) is 0.567. The first kappa shape index (κ1) is 10.9. The van der Waals surface area contributed by atoms with Gasteiger partial charge in [0.25, 0.3) is 0 Å². The number of nitrogens with zero attached hydrogens (tertiary/aromatic N) is 1. The molecule has 0 spiro atoms. The molecule has 0 bridgehead atoms. The number of nitrogens with two attached hydrogens (primary N) is 2. The Morgan fingerprint density at radius 2 is 1.55 bits per heavy atom. The molecule has 4 N–H and O–H groups in total. The molecule has 0 radical (unpaired) electrons. The SMILES string of the molecule is CC(C)CN(CCN)CCN. The average Bonchev–Trinajstić information content (AvgIpc) is 1.87. The van der Waals surface area contributed by atoms with Gasteiger partial charge in [-0.15, -0.1) is 0 Å². The summed E-state index contributed by atoms with van der Waals surface area (Å²) in [6.07, 6.45) is 0. The van der Waals surface area contributed by atoms with Crippen LogP contribution >= 0.6 is 0 Å². The topological polar surface area (TPSA) is 55.3 Å². The van der Waals surface area contributed by atoms with Gasteiger partial charge in [0.15, 0.2) is 0 Å². The van der Waals surface area contributed by atoms with Crippen LogP contribution in [0.3, 0.4) is 0 Å². The summed E-state index contributed by atoms with van der Waals surface area (Å²) in [5, 5.41) is 0. The number of rotatable bonds is 6. The van der Waals surface area contributed by atoms with E-state index in [9.17, 15) is 0 Å². The minimum absolute atomic E-state index is 0.702. The fourth-order valence-electron chi connectivity index (χ4n) is 1.18. The first-order chi connectivity index (χ1) is 5.20. The molecule has 3 nitrogen and oxygen atoms in total. The maximum atomic E-state index is 5.45. The van der Waals surface area contributed by atoms with Crippen LogP contribution in [0.15, 0.2) is 0 Å². The van der Waals surface area contributed by atoms with Gasteiger partial charge in [-0.1, -0.05) is 13.8 Å². The maximum absolute atomic E-state index is 5.45. The van der Waals surface area contributed by atoms with E-state index in [1.165, 1.54) is 0 Å². The van der Waals surface area contributed by atoms with Crippen molar-refractivity contribution in [1.29, 1.82) is 0 Å². The average molecular weight is 159 g/mol. The van der Waals surface area contributed by atoms with Crippen LogP contribution < -0.4 is 11.5 Å². The maximum Gasteiger partial charge on any atom is 0.0105 e. The zero-order valence-electron chi connectivity index (χ0n) is 7.71. The van der Waals surface area contributed by atoms with Crippen LogP contribution in [0.25, 0.3) is 0 Å². The Hall–Kier alpha value is -0.120. The van der Waals surface area contributed by atoms with E-state index in [0.29, 0.717) is 5.92 Å². The Balaban J connectivity index is 3.50. The summed E-state index contributed by atoms with van der Waals surface area (Å²) in [7, 11) is 0. The van der Waals surface area contributed by atoms with Crippen LogP contribution in [-0.2, 0) is 0 Å². The van der Waals surface area contributed by atoms with E-state index >= 15 is 0 Å². The van der Waals surface area contributed by atoms with Crippen LogP contribution in [0, 0.1) is 5.92 Å². The molecule has 0 saturated heterocycles. The van der Waals surface area contributed by atoms with Gasteiger partial charge in [0, 0.05) is 32.7 Å². The Bertz CT molecular complexity index is 77.4. The van der Waals surface area contributed by atoms with Crippen molar-refractivity contribution in [2.75, 3.05) is 32.7 Å². The van der Waals surface area contributed by atoms with Crippen molar-refractivity contribution in [3.63, 3.8) is 0 Å². The summed E-state index contributed by atoms with van der Waals surface area (Å²) in [6, 6.07) is 0. The molecule has 0 amide bonds. The van der Waals surface area contributed by atoms with Crippen molar-refractivity contribution in [3.05, 3.63) is 0 Å². The molecule has 0 aliphatic heterocycles. The van der Waals surface area contributed by atoms with Gasteiger partial charge in [-0.3, -0.25) is 0 Å². The van der Waals surface area contributed by atoms with Crippen LogP contribution in [-0.4, -0.2) is 37.6 Å². The van der Waals surface area contributed by atoms with E-state index in [0.717, 1.165) is 32.7 Å². The highest BCUT2D eigenvalue weighted by molar-refractivity contribution is 4.60. The second-order valence-electron chi connectivity index (χ2n) is 3.27. The molecule has 0 heterocycles. The summed E-state index contributed by atoms with van der Waals surface area (Å²) < 4.78 is 0. The molecule has 0 aliphatic carbocycles. The monoisotopic (exact) mass is 159 g/mol. The van der Waals surface area contributed by atoms with Gasteiger partial charge in [-0.05, 0) is 5.92 Å². The van der Waals surface area contributed by atoms with Gasteiger partial charge in [-0.2, -0.15) is 0 Å². The highest BCUT2D eigenvalue weighted by Gasteiger charge is 2.03. The summed E-state index contributed by atoms with van der Waals surface area (Å²) in [6.45, 7) is 8.92. The minimum Gasteiger partial charge on any atom is -0.329 e. The smallest absolute Gasteiger partial charge is 0.0105 e. The molecule has 0 aromatic carbocycles. The lowest BCUT2D eigenvalue weighted by Crippen LogP contribution is -2.36. The normalized spacial score (nSPS) is 11.5. The summed E-state index contributed by atoms with van der Waals surface area (Å²) in [4.78, 5) is 2.31. The van der Waals surface area contributed by atoms with Crippen molar-refractivity contribution in [1.82, 2.24) is 4.90 Å². The Morgan fingerprint density at radius 1 is 1.09 bits per heavy atom. The van der Waals surface area contributed by atoms with Crippen molar-refractivity contribution in [2.24, 2.45) is 17.4 Å². The van der Waals surface area contributed by atoms with E-state index < -0.39 is 0 Å². The fourth-order valence-corrected chi connectivity index (χ4v) is 1.18. The lowest BCUT2D eigenvalue weighted by Gasteiger charge is -2.22. The van der Waals surface area contributed by atoms with Gasteiger partial charge in [-0.25, -0.2) is 0 Å². The minimum atomic E-state index is 0.702. The van der Waals surface area contributed by atoms with Gasteiger partial charge < -0.3 is 16.4 Å². The molecule has 0 fully saturated rings. The molecule has 68 valence electrons. The lowest BCUT2D eigenvalue weighted by molar-refractivity contribution is 0.257. The summed E-state index contributed by atoms with van der Waals surface area (Å²) >= 11 is 0. The molecule has 0 unspecified atom stereocenters. The van der Waals surface area contributed by atoms with Crippen LogP contribution in [0.2, 0.25) is 0 Å². The molecule has 0 aliphatic rings. The van der Waals surface area contributed by atoms with Crippen LogP contribution in [0.4, 0.5) is 0 Å². The van der Waals surface area contributed by atoms with Crippen LogP contribution in [0.1, 0.15) is 13.8 Å². The van der Waals surface area contributed by atoms with Gasteiger partial charge in [0.05, 0.1) is 0 Å². The Morgan fingerprint density at radius 3 is 1.82 bits per heavy atom. The highest BCUT2D eigenvalue weighted by atomic mass is 15.1. The highest BCUT2D eigenvalue weighted by Crippen LogP contribution is 1.96. The Labute approximate surface area is 69.7 Å². The molecule has 0 saturated carbocycles. The van der Waals surface area contributed by atoms with Crippen molar-refractivity contribution in [2.45, 2.75) is 13.8 Å². The van der Waals surface area contributed by atoms with Crippen molar-refractivity contribution in [3.8, 4) is 0 Å². The number of hydrogen-bond acceptors (Lipinski definition) is 3. The van der Waals surface area contributed by atoms with E-state index in [4.69, 9.17) is 11.5 Å². The third-order valence-corrected chi connectivity index (χ3v) is 1.51. The van der Waals surface area contributed by atoms with Gasteiger partial charge in [0.1, 0.15) is 0 Å². The molecular weight excluding hydrogens is 138 g/mol. The van der Waals surface area contributed by atoms with Gasteiger partial charge in [0.2, 0.25) is 0 Å². The Kier molecular flexibility index (Phi) is 6.51. The second-order valence-corrected chi connectivity index (χ2v) is 3.27. The predicted octanol–water partition coefficient (Wildman–Crippen LogP) is -0.138. The molecule has 0 rings (SSSR count). The lowest BCUT2D eigenvalue weighted by atomic mass is 10.2. The molecule has 11 heavy (non-hydrogen) atoms. The first-order valence-electron chi connectivity index (χ1n) is 4.33. The summed E-state index contributed by atoms with van der Waals surface area (Å²) in [5.74, 6) is 0.702.